The van der Waals surface area contributed by atoms with Gasteiger partial charge in [-0.15, -0.1) is 0 Å². The lowest BCUT2D eigenvalue weighted by atomic mass is 9.97. The Morgan fingerprint density at radius 3 is 2.67 bits per heavy atom. The molecule has 2 aromatic heterocycles. The van der Waals surface area contributed by atoms with Crippen molar-refractivity contribution >= 4 is 17.7 Å². The summed E-state index contributed by atoms with van der Waals surface area (Å²) in [6, 6.07) is 6.94. The molecule has 7 heteroatoms. The number of Topliss-reactive ketones (excluding diaryl/α,β-unsaturated/α-hetero) is 1. The Labute approximate surface area is 157 Å². The van der Waals surface area contributed by atoms with Crippen molar-refractivity contribution in [3.8, 4) is 0 Å². The lowest BCUT2D eigenvalue weighted by Gasteiger charge is -2.20. The molecule has 4 rings (SSSR count). The van der Waals surface area contributed by atoms with E-state index < -0.39 is 17.5 Å². The topological polar surface area (TPSA) is 84.3 Å². The minimum Gasteiger partial charge on any atom is -0.345 e. The molecule has 3 heterocycles. The number of rotatable bonds is 5. The van der Waals surface area contributed by atoms with Crippen molar-refractivity contribution in [3.05, 3.63) is 53.1 Å². The molecule has 1 N–H and O–H groups in total. The van der Waals surface area contributed by atoms with Crippen LogP contribution in [-0.4, -0.2) is 38.7 Å². The summed E-state index contributed by atoms with van der Waals surface area (Å²) in [5.41, 5.74) is 1.70. The molecule has 1 aliphatic heterocycles. The van der Waals surface area contributed by atoms with Crippen molar-refractivity contribution in [1.82, 2.24) is 19.8 Å². The Hall–Kier alpha value is -2.96. The second kappa shape index (κ2) is 6.04. The quantitative estimate of drug-likeness (QED) is 0.651. The second-order valence-corrected chi connectivity index (χ2v) is 7.47. The molecule has 2 aromatic rings. The Kier molecular flexibility index (Phi) is 3.91. The summed E-state index contributed by atoms with van der Waals surface area (Å²) in [6.07, 6.45) is 3.82. The van der Waals surface area contributed by atoms with Crippen LogP contribution in [-0.2, 0) is 10.3 Å². The molecule has 2 aliphatic rings. The summed E-state index contributed by atoms with van der Waals surface area (Å²) in [6.45, 7) is 5.23. The third kappa shape index (κ3) is 2.74. The monoisotopic (exact) mass is 366 g/mol. The standard InChI is InChI=1S/C20H22N4O3/c1-12-10-15(13(2)24(12)14-7-8-14)16(25)11-23-18(26)20(3,22-19(23)27)17-6-4-5-9-21-17/h4-6,9-10,14H,7-8,11H2,1-3H3,(H,22,27). The summed E-state index contributed by atoms with van der Waals surface area (Å²) in [5, 5.41) is 2.68. The average molecular weight is 366 g/mol. The number of imide groups is 1. The van der Waals surface area contributed by atoms with Crippen LogP contribution >= 0.6 is 0 Å². The van der Waals surface area contributed by atoms with Crippen molar-refractivity contribution in [2.75, 3.05) is 6.54 Å². The van der Waals surface area contributed by atoms with Gasteiger partial charge < -0.3 is 9.88 Å². The fraction of sp³-hybridized carbons (Fsp3) is 0.400. The Balaban J connectivity index is 1.58. The highest BCUT2D eigenvalue weighted by atomic mass is 16.2. The molecule has 3 amide bonds. The first kappa shape index (κ1) is 17.5. The molecule has 0 bridgehead atoms. The lowest BCUT2D eigenvalue weighted by molar-refractivity contribution is -0.130. The molecule has 2 fully saturated rings. The van der Waals surface area contributed by atoms with Gasteiger partial charge in [-0.05, 0) is 51.8 Å². The van der Waals surface area contributed by atoms with E-state index in [-0.39, 0.29) is 12.3 Å². The van der Waals surface area contributed by atoms with Crippen LogP contribution in [0, 0.1) is 13.8 Å². The average Bonchev–Trinajstić information content (AvgIpc) is 3.40. The zero-order chi connectivity index (χ0) is 19.3. The van der Waals surface area contributed by atoms with Crippen LogP contribution in [0.15, 0.2) is 30.5 Å². The number of pyridine rings is 1. The van der Waals surface area contributed by atoms with Crippen LogP contribution in [0.3, 0.4) is 0 Å². The van der Waals surface area contributed by atoms with Gasteiger partial charge in [0.2, 0.25) is 0 Å². The minimum absolute atomic E-state index is 0.233. The largest absolute Gasteiger partial charge is 0.345 e. The van der Waals surface area contributed by atoms with E-state index in [1.807, 2.05) is 19.9 Å². The van der Waals surface area contributed by atoms with Crippen LogP contribution in [0.25, 0.3) is 0 Å². The molecule has 0 spiro atoms. The van der Waals surface area contributed by atoms with Crippen molar-refractivity contribution in [1.29, 1.82) is 0 Å². The van der Waals surface area contributed by atoms with E-state index in [1.165, 1.54) is 0 Å². The molecule has 0 radical (unpaired) electrons. The first-order valence-corrected chi connectivity index (χ1v) is 9.10. The first-order valence-electron chi connectivity index (χ1n) is 9.10. The third-order valence-corrected chi connectivity index (χ3v) is 5.45. The molecule has 140 valence electrons. The highest BCUT2D eigenvalue weighted by Gasteiger charge is 2.50. The minimum atomic E-state index is -1.26. The van der Waals surface area contributed by atoms with Gasteiger partial charge >= 0.3 is 6.03 Å². The number of ketones is 1. The highest BCUT2D eigenvalue weighted by molar-refractivity contribution is 6.11. The fourth-order valence-corrected chi connectivity index (χ4v) is 3.86. The maximum atomic E-state index is 12.9. The smallest absolute Gasteiger partial charge is 0.325 e. The zero-order valence-electron chi connectivity index (χ0n) is 15.7. The van der Waals surface area contributed by atoms with Gasteiger partial charge in [-0.2, -0.15) is 0 Å². The number of amides is 3. The van der Waals surface area contributed by atoms with E-state index in [4.69, 9.17) is 0 Å². The van der Waals surface area contributed by atoms with E-state index >= 15 is 0 Å². The van der Waals surface area contributed by atoms with Gasteiger partial charge in [0.25, 0.3) is 5.91 Å². The molecule has 27 heavy (non-hydrogen) atoms. The highest BCUT2D eigenvalue weighted by Crippen LogP contribution is 2.38. The Morgan fingerprint density at radius 1 is 1.30 bits per heavy atom. The summed E-state index contributed by atoms with van der Waals surface area (Å²) in [5.74, 6) is -0.695. The van der Waals surface area contributed by atoms with Gasteiger partial charge in [-0.3, -0.25) is 19.5 Å². The van der Waals surface area contributed by atoms with Crippen LogP contribution in [0.2, 0.25) is 0 Å². The van der Waals surface area contributed by atoms with Gasteiger partial charge in [-0.1, -0.05) is 6.07 Å². The maximum absolute atomic E-state index is 12.9. The third-order valence-electron chi connectivity index (χ3n) is 5.45. The lowest BCUT2D eigenvalue weighted by Crippen LogP contribution is -2.42. The molecule has 1 unspecified atom stereocenters. The van der Waals surface area contributed by atoms with Crippen molar-refractivity contribution in [3.63, 3.8) is 0 Å². The molecule has 1 saturated heterocycles. The number of hydrogen-bond acceptors (Lipinski definition) is 4. The number of nitrogens with zero attached hydrogens (tertiary/aromatic N) is 3. The molecule has 1 aliphatic carbocycles. The van der Waals surface area contributed by atoms with Crippen LogP contribution in [0.1, 0.15) is 53.2 Å². The van der Waals surface area contributed by atoms with E-state index in [0.717, 1.165) is 29.1 Å². The Morgan fingerprint density at radius 2 is 2.04 bits per heavy atom. The number of carbonyl (C=O) groups excluding carboxylic acids is 3. The van der Waals surface area contributed by atoms with Crippen molar-refractivity contribution in [2.45, 2.75) is 45.2 Å². The van der Waals surface area contributed by atoms with Gasteiger partial charge in [-0.25, -0.2) is 4.79 Å². The number of aryl methyl sites for hydroxylation is 1. The van der Waals surface area contributed by atoms with E-state index in [0.29, 0.717) is 17.3 Å². The predicted octanol–water partition coefficient (Wildman–Crippen LogP) is 2.48. The van der Waals surface area contributed by atoms with E-state index in [9.17, 15) is 14.4 Å². The SMILES string of the molecule is Cc1cc(C(=O)CN2C(=O)NC(C)(c3ccccn3)C2=O)c(C)n1C1CC1. The zero-order valence-corrected chi connectivity index (χ0v) is 15.7. The van der Waals surface area contributed by atoms with E-state index in [2.05, 4.69) is 14.9 Å². The number of nitrogens with one attached hydrogen (secondary N) is 1. The van der Waals surface area contributed by atoms with E-state index in [1.54, 1.807) is 31.3 Å². The van der Waals surface area contributed by atoms with Gasteiger partial charge in [0, 0.05) is 29.2 Å². The molecule has 1 saturated carbocycles. The van der Waals surface area contributed by atoms with Crippen LogP contribution in [0.5, 0.6) is 0 Å². The van der Waals surface area contributed by atoms with Crippen molar-refractivity contribution in [2.24, 2.45) is 0 Å². The van der Waals surface area contributed by atoms with Crippen molar-refractivity contribution < 1.29 is 14.4 Å². The van der Waals surface area contributed by atoms with Crippen LogP contribution < -0.4 is 5.32 Å². The fourth-order valence-electron chi connectivity index (χ4n) is 3.86. The molecular formula is C20H22N4O3. The first-order chi connectivity index (χ1) is 12.8. The number of urea groups is 1. The van der Waals surface area contributed by atoms with Crippen LogP contribution in [0.4, 0.5) is 4.79 Å². The number of carbonyl (C=O) groups is 3. The number of hydrogen-bond donors (Lipinski definition) is 1. The number of aromatic nitrogens is 2. The van der Waals surface area contributed by atoms with Gasteiger partial charge in [0.15, 0.2) is 11.3 Å². The molecule has 1 atom stereocenters. The van der Waals surface area contributed by atoms with Gasteiger partial charge in [0.1, 0.15) is 0 Å². The summed E-state index contributed by atoms with van der Waals surface area (Å²) in [4.78, 5) is 43.4. The van der Waals surface area contributed by atoms with Gasteiger partial charge in [0.05, 0.1) is 12.2 Å². The maximum Gasteiger partial charge on any atom is 0.325 e. The molecular weight excluding hydrogens is 344 g/mol. The predicted molar refractivity (Wildman–Crippen MR) is 98.3 cm³/mol. The second-order valence-electron chi connectivity index (χ2n) is 7.47. The molecule has 0 aromatic carbocycles. The molecule has 7 nitrogen and oxygen atoms in total. The summed E-state index contributed by atoms with van der Waals surface area (Å²) < 4.78 is 2.18. The summed E-state index contributed by atoms with van der Waals surface area (Å²) >= 11 is 0. The normalized spacial score (nSPS) is 22.3. The Bertz CT molecular complexity index is 946. The summed E-state index contributed by atoms with van der Waals surface area (Å²) in [7, 11) is 0.